The lowest BCUT2D eigenvalue weighted by molar-refractivity contribution is 0.0695. The molecule has 3 rings (SSSR count). The lowest BCUT2D eigenvalue weighted by Gasteiger charge is -2.11. The maximum Gasteiger partial charge on any atom is 0.342 e. The molecule has 0 bridgehead atoms. The molecule has 106 valence electrons. The molecule has 0 saturated carbocycles. The van der Waals surface area contributed by atoms with Gasteiger partial charge in [0.15, 0.2) is 10.8 Å². The second-order valence-corrected chi connectivity index (χ2v) is 5.21. The number of pyridine rings is 2. The van der Waals surface area contributed by atoms with Crippen LogP contribution in [-0.2, 0) is 0 Å². The average molecular weight is 326 g/mol. The van der Waals surface area contributed by atoms with Crippen LogP contribution in [0.15, 0.2) is 28.6 Å². The molecule has 1 N–H and O–H groups in total. The van der Waals surface area contributed by atoms with Gasteiger partial charge >= 0.3 is 5.97 Å². The van der Waals surface area contributed by atoms with E-state index in [0.29, 0.717) is 5.13 Å². The second kappa shape index (κ2) is 4.90. The number of halogens is 2. The van der Waals surface area contributed by atoms with Crippen LogP contribution in [0.1, 0.15) is 10.4 Å². The van der Waals surface area contributed by atoms with E-state index in [1.165, 1.54) is 22.1 Å². The Hall–Kier alpha value is -2.32. The van der Waals surface area contributed by atoms with Gasteiger partial charge in [-0.25, -0.2) is 19.2 Å². The highest BCUT2D eigenvalue weighted by Gasteiger charge is 2.23. The first-order chi connectivity index (χ1) is 10.0. The standard InChI is InChI=1S/C12H5ClFN3O3S/c13-9-7(11(19)20)8(18)6-3-5(14)4-16-10(6)17(9)12-15-1-2-21-12/h1-4H,(H,19,20). The van der Waals surface area contributed by atoms with Crippen LogP contribution in [0.3, 0.4) is 0 Å². The van der Waals surface area contributed by atoms with Gasteiger partial charge < -0.3 is 5.11 Å². The molecule has 0 aliphatic heterocycles. The van der Waals surface area contributed by atoms with Crippen LogP contribution in [-0.4, -0.2) is 25.6 Å². The summed E-state index contributed by atoms with van der Waals surface area (Å²) in [6.07, 6.45) is 2.41. The van der Waals surface area contributed by atoms with Gasteiger partial charge in [-0.3, -0.25) is 9.36 Å². The monoisotopic (exact) mass is 325 g/mol. The van der Waals surface area contributed by atoms with Crippen molar-refractivity contribution in [2.45, 2.75) is 0 Å². The molecule has 0 atom stereocenters. The van der Waals surface area contributed by atoms with Crippen molar-refractivity contribution in [3.63, 3.8) is 0 Å². The fourth-order valence-electron chi connectivity index (χ4n) is 1.90. The first-order valence-electron chi connectivity index (χ1n) is 5.53. The van der Waals surface area contributed by atoms with Crippen LogP contribution in [0.4, 0.5) is 4.39 Å². The van der Waals surface area contributed by atoms with Crippen molar-refractivity contribution in [1.82, 2.24) is 14.5 Å². The second-order valence-electron chi connectivity index (χ2n) is 3.97. The molecule has 3 heterocycles. The Kier molecular flexibility index (Phi) is 3.19. The lowest BCUT2D eigenvalue weighted by Crippen LogP contribution is -2.21. The third-order valence-corrected chi connectivity index (χ3v) is 3.86. The SMILES string of the molecule is O=C(O)c1c(Cl)n(-c2nccs2)c2ncc(F)cc2c1=O. The first kappa shape index (κ1) is 13.7. The topological polar surface area (TPSA) is 85.1 Å². The summed E-state index contributed by atoms with van der Waals surface area (Å²) in [6.45, 7) is 0. The van der Waals surface area contributed by atoms with Crippen molar-refractivity contribution >= 4 is 39.9 Å². The maximum atomic E-state index is 13.3. The molecule has 0 aliphatic carbocycles. The molecule has 0 unspecified atom stereocenters. The van der Waals surface area contributed by atoms with Gasteiger partial charge in [0.05, 0.1) is 11.6 Å². The van der Waals surface area contributed by atoms with Gasteiger partial charge in [-0.15, -0.1) is 11.3 Å². The number of aromatic carboxylic acids is 1. The molecule has 0 spiro atoms. The Morgan fingerprint density at radius 3 is 2.81 bits per heavy atom. The summed E-state index contributed by atoms with van der Waals surface area (Å²) >= 11 is 7.21. The van der Waals surface area contributed by atoms with Gasteiger partial charge in [0, 0.05) is 11.6 Å². The molecule has 0 aliphatic rings. The van der Waals surface area contributed by atoms with E-state index < -0.39 is 22.8 Å². The van der Waals surface area contributed by atoms with Crippen molar-refractivity contribution in [2.75, 3.05) is 0 Å². The Bertz CT molecular complexity index is 924. The molecule has 6 nitrogen and oxygen atoms in total. The van der Waals surface area contributed by atoms with E-state index >= 15 is 0 Å². The van der Waals surface area contributed by atoms with Crippen molar-refractivity contribution in [1.29, 1.82) is 0 Å². The van der Waals surface area contributed by atoms with Crippen LogP contribution in [0.25, 0.3) is 16.2 Å². The van der Waals surface area contributed by atoms with Crippen LogP contribution in [0.5, 0.6) is 0 Å². The molecular formula is C12H5ClFN3O3S. The van der Waals surface area contributed by atoms with Crippen molar-refractivity contribution in [3.05, 3.63) is 50.6 Å². The zero-order valence-corrected chi connectivity index (χ0v) is 11.7. The van der Waals surface area contributed by atoms with E-state index in [9.17, 15) is 14.0 Å². The number of rotatable bonds is 2. The summed E-state index contributed by atoms with van der Waals surface area (Å²) in [4.78, 5) is 31.3. The Balaban J connectivity index is 2.57. The fourth-order valence-corrected chi connectivity index (χ4v) is 2.92. The van der Waals surface area contributed by atoms with E-state index in [2.05, 4.69) is 9.97 Å². The minimum Gasteiger partial charge on any atom is -0.477 e. The fraction of sp³-hybridized carbons (Fsp3) is 0. The van der Waals surface area contributed by atoms with Crippen LogP contribution in [0.2, 0.25) is 5.15 Å². The van der Waals surface area contributed by atoms with E-state index in [-0.39, 0.29) is 16.2 Å². The average Bonchev–Trinajstić information content (AvgIpc) is 2.93. The Morgan fingerprint density at radius 1 is 1.43 bits per heavy atom. The van der Waals surface area contributed by atoms with Gasteiger partial charge in [-0.1, -0.05) is 11.6 Å². The minimum atomic E-state index is -1.50. The molecule has 0 aromatic carbocycles. The summed E-state index contributed by atoms with van der Waals surface area (Å²) in [7, 11) is 0. The first-order valence-corrected chi connectivity index (χ1v) is 6.79. The number of thiazole rings is 1. The molecule has 9 heteroatoms. The lowest BCUT2D eigenvalue weighted by atomic mass is 10.2. The Morgan fingerprint density at radius 2 is 2.19 bits per heavy atom. The van der Waals surface area contributed by atoms with Gasteiger partial charge in [-0.2, -0.15) is 0 Å². The van der Waals surface area contributed by atoms with Gasteiger partial charge in [0.25, 0.3) is 0 Å². The number of nitrogens with zero attached hydrogens (tertiary/aromatic N) is 3. The van der Waals surface area contributed by atoms with E-state index in [4.69, 9.17) is 16.7 Å². The quantitative estimate of drug-likeness (QED) is 0.731. The molecule has 0 saturated heterocycles. The highest BCUT2D eigenvalue weighted by molar-refractivity contribution is 7.12. The molecule has 21 heavy (non-hydrogen) atoms. The number of hydrogen-bond donors (Lipinski definition) is 1. The van der Waals surface area contributed by atoms with Gasteiger partial charge in [0.2, 0.25) is 5.43 Å². The van der Waals surface area contributed by atoms with E-state index in [0.717, 1.165) is 12.3 Å². The predicted molar refractivity (Wildman–Crippen MR) is 74.9 cm³/mol. The van der Waals surface area contributed by atoms with Crippen LogP contribution < -0.4 is 5.43 Å². The number of carboxylic acids is 1. The normalized spacial score (nSPS) is 11.0. The number of carboxylic acid groups (broad SMARTS) is 1. The van der Waals surface area contributed by atoms with Crippen molar-refractivity contribution in [3.8, 4) is 5.13 Å². The molecule has 3 aromatic rings. The maximum absolute atomic E-state index is 13.3. The summed E-state index contributed by atoms with van der Waals surface area (Å²) < 4.78 is 14.5. The van der Waals surface area contributed by atoms with Gasteiger partial charge in [-0.05, 0) is 6.07 Å². The third-order valence-electron chi connectivity index (χ3n) is 2.74. The van der Waals surface area contributed by atoms with Crippen molar-refractivity contribution < 1.29 is 14.3 Å². The summed E-state index contributed by atoms with van der Waals surface area (Å²) in [5, 5.41) is 10.6. The molecule has 0 fully saturated rings. The van der Waals surface area contributed by atoms with E-state index in [1.54, 1.807) is 5.38 Å². The van der Waals surface area contributed by atoms with Crippen LogP contribution in [0, 0.1) is 5.82 Å². The third kappa shape index (κ3) is 2.08. The minimum absolute atomic E-state index is 0.0475. The largest absolute Gasteiger partial charge is 0.477 e. The molecule has 0 amide bonds. The number of carbonyl (C=O) groups is 1. The van der Waals surface area contributed by atoms with Crippen LogP contribution >= 0.6 is 22.9 Å². The van der Waals surface area contributed by atoms with E-state index in [1.807, 2.05) is 0 Å². The molecule has 3 aromatic heterocycles. The predicted octanol–water partition coefficient (Wildman–Crippen LogP) is 2.33. The highest BCUT2D eigenvalue weighted by Crippen LogP contribution is 2.25. The molecule has 0 radical (unpaired) electrons. The zero-order chi connectivity index (χ0) is 15.1. The van der Waals surface area contributed by atoms with Crippen molar-refractivity contribution in [2.24, 2.45) is 0 Å². The number of aromatic nitrogens is 3. The zero-order valence-electron chi connectivity index (χ0n) is 10.1. The summed E-state index contributed by atoms with van der Waals surface area (Å²) in [5.41, 5.74) is -1.49. The smallest absolute Gasteiger partial charge is 0.342 e. The number of hydrogen-bond acceptors (Lipinski definition) is 5. The molecular weight excluding hydrogens is 321 g/mol. The summed E-state index contributed by atoms with van der Waals surface area (Å²) in [5.74, 6) is -2.24. The number of fused-ring (bicyclic) bond motifs is 1. The van der Waals surface area contributed by atoms with Gasteiger partial charge in [0.1, 0.15) is 16.5 Å². The Labute approximate surface area is 125 Å². The summed E-state index contributed by atoms with van der Waals surface area (Å²) in [6, 6.07) is 0.928. The highest BCUT2D eigenvalue weighted by atomic mass is 35.5.